The zero-order chi connectivity index (χ0) is 22.2. The van der Waals surface area contributed by atoms with Gasteiger partial charge in [-0.1, -0.05) is 24.3 Å². The van der Waals surface area contributed by atoms with Gasteiger partial charge in [0.25, 0.3) is 0 Å². The van der Waals surface area contributed by atoms with Crippen LogP contribution in [0.5, 0.6) is 5.75 Å². The summed E-state index contributed by atoms with van der Waals surface area (Å²) in [6.07, 6.45) is 7.01. The first kappa shape index (κ1) is 21.3. The van der Waals surface area contributed by atoms with Crippen LogP contribution in [0.3, 0.4) is 0 Å². The Morgan fingerprint density at radius 2 is 1.84 bits per heavy atom. The van der Waals surface area contributed by atoms with Crippen molar-refractivity contribution in [2.24, 2.45) is 0 Å². The number of nitrogens with one attached hydrogen (secondary N) is 1. The summed E-state index contributed by atoms with van der Waals surface area (Å²) in [5.41, 5.74) is 9.95. The van der Waals surface area contributed by atoms with Crippen LogP contribution in [-0.2, 0) is 11.3 Å². The molecule has 31 heavy (non-hydrogen) atoms. The van der Waals surface area contributed by atoms with Gasteiger partial charge >= 0.3 is 0 Å². The highest BCUT2D eigenvalue weighted by molar-refractivity contribution is 5.65. The molecule has 0 radical (unpaired) electrons. The highest BCUT2D eigenvalue weighted by atomic mass is 16.5. The Morgan fingerprint density at radius 3 is 2.52 bits per heavy atom. The standard InChI is InChI=1S/C25H22N4O2/c1-17-11-20(21(14-26)15-27)13-23(31-17)9-5-18-6-10-24(25(12-18)30-2)29-16-19-3-7-22(28)8-4-19/h3-13,29H,16,28H2,1-2H3. The van der Waals surface area contributed by atoms with Crippen molar-refractivity contribution in [1.29, 1.82) is 10.5 Å². The monoisotopic (exact) mass is 410 g/mol. The molecular weight excluding hydrogens is 388 g/mol. The SMILES string of the molecule is COc1cc(C=CC2=CC(=C(C#N)C#N)C=C(C)O2)ccc1NCc1ccc(N)cc1. The van der Waals surface area contributed by atoms with E-state index in [-0.39, 0.29) is 5.57 Å². The number of methoxy groups -OCH3 is 1. The highest BCUT2D eigenvalue weighted by Crippen LogP contribution is 2.28. The van der Waals surface area contributed by atoms with E-state index in [1.54, 1.807) is 32.3 Å². The molecule has 1 heterocycles. The van der Waals surface area contributed by atoms with E-state index < -0.39 is 0 Å². The van der Waals surface area contributed by atoms with Crippen LogP contribution in [0.1, 0.15) is 18.1 Å². The normalized spacial score (nSPS) is 12.8. The van der Waals surface area contributed by atoms with Crippen molar-refractivity contribution in [3.8, 4) is 17.9 Å². The Kier molecular flexibility index (Phi) is 6.78. The first-order chi connectivity index (χ1) is 15.0. The van der Waals surface area contributed by atoms with Gasteiger partial charge in [0.05, 0.1) is 12.8 Å². The van der Waals surface area contributed by atoms with Crippen LogP contribution < -0.4 is 15.8 Å². The molecule has 3 N–H and O–H groups in total. The van der Waals surface area contributed by atoms with Gasteiger partial charge in [0.1, 0.15) is 35.0 Å². The number of nitriles is 2. The van der Waals surface area contributed by atoms with E-state index in [1.807, 2.05) is 60.7 Å². The van der Waals surface area contributed by atoms with Gasteiger partial charge in [0.15, 0.2) is 0 Å². The van der Waals surface area contributed by atoms with Crippen LogP contribution in [-0.4, -0.2) is 7.11 Å². The summed E-state index contributed by atoms with van der Waals surface area (Å²) in [5.74, 6) is 1.87. The number of hydrogen-bond acceptors (Lipinski definition) is 6. The third kappa shape index (κ3) is 5.56. The maximum absolute atomic E-state index is 9.10. The van der Waals surface area contributed by atoms with E-state index >= 15 is 0 Å². The second-order valence-corrected chi connectivity index (χ2v) is 6.85. The first-order valence-corrected chi connectivity index (χ1v) is 9.59. The van der Waals surface area contributed by atoms with Crippen molar-refractivity contribution in [2.75, 3.05) is 18.2 Å². The van der Waals surface area contributed by atoms with Gasteiger partial charge in [-0.3, -0.25) is 0 Å². The van der Waals surface area contributed by atoms with Crippen LogP contribution in [0.25, 0.3) is 6.08 Å². The second-order valence-electron chi connectivity index (χ2n) is 6.85. The molecule has 0 atom stereocenters. The number of nitrogen functional groups attached to an aromatic ring is 1. The summed E-state index contributed by atoms with van der Waals surface area (Å²) < 4.78 is 11.2. The molecule has 1 aliphatic rings. The van der Waals surface area contributed by atoms with Gasteiger partial charge in [-0.2, -0.15) is 10.5 Å². The summed E-state index contributed by atoms with van der Waals surface area (Å²) in [4.78, 5) is 0. The van der Waals surface area contributed by atoms with Gasteiger partial charge in [0, 0.05) is 17.8 Å². The van der Waals surface area contributed by atoms with Crippen LogP contribution in [0, 0.1) is 22.7 Å². The number of hydrogen-bond donors (Lipinski definition) is 2. The van der Waals surface area contributed by atoms with E-state index in [9.17, 15) is 0 Å². The average Bonchev–Trinajstić information content (AvgIpc) is 2.78. The summed E-state index contributed by atoms with van der Waals surface area (Å²) in [6.45, 7) is 2.42. The van der Waals surface area contributed by atoms with Gasteiger partial charge in [-0.25, -0.2) is 0 Å². The molecular formula is C25H22N4O2. The molecule has 0 bridgehead atoms. The fourth-order valence-electron chi connectivity index (χ4n) is 3.01. The average molecular weight is 410 g/mol. The van der Waals surface area contributed by atoms with E-state index in [4.69, 9.17) is 25.7 Å². The molecule has 6 heteroatoms. The third-order valence-electron chi connectivity index (χ3n) is 4.58. The quantitative estimate of drug-likeness (QED) is 0.509. The van der Waals surface area contributed by atoms with Crippen molar-refractivity contribution in [1.82, 2.24) is 0 Å². The molecule has 0 amide bonds. The van der Waals surface area contributed by atoms with E-state index in [0.717, 1.165) is 22.5 Å². The molecule has 0 aromatic heterocycles. The zero-order valence-corrected chi connectivity index (χ0v) is 17.3. The maximum Gasteiger partial charge on any atom is 0.142 e. The number of rotatable bonds is 6. The minimum atomic E-state index is 0.0479. The Morgan fingerprint density at radius 1 is 1.10 bits per heavy atom. The lowest BCUT2D eigenvalue weighted by Gasteiger charge is -2.14. The molecule has 2 aromatic carbocycles. The van der Waals surface area contributed by atoms with Crippen molar-refractivity contribution in [2.45, 2.75) is 13.5 Å². The summed E-state index contributed by atoms with van der Waals surface area (Å²) in [6, 6.07) is 17.3. The Labute approximate surface area is 181 Å². The number of benzene rings is 2. The lowest BCUT2D eigenvalue weighted by atomic mass is 10.1. The largest absolute Gasteiger partial charge is 0.495 e. The molecule has 6 nitrogen and oxygen atoms in total. The molecule has 0 unspecified atom stereocenters. The zero-order valence-electron chi connectivity index (χ0n) is 17.3. The molecule has 0 spiro atoms. The second kappa shape index (κ2) is 9.87. The Bertz CT molecular complexity index is 1160. The maximum atomic E-state index is 9.10. The number of nitrogens with two attached hydrogens (primary N) is 1. The molecule has 0 aliphatic carbocycles. The van der Waals surface area contributed by atoms with Crippen LogP contribution in [0.4, 0.5) is 11.4 Å². The smallest absolute Gasteiger partial charge is 0.142 e. The lowest BCUT2D eigenvalue weighted by molar-refractivity contribution is 0.318. The van der Waals surface area contributed by atoms with Crippen LogP contribution in [0.15, 0.2) is 83.4 Å². The lowest BCUT2D eigenvalue weighted by Crippen LogP contribution is -2.01. The number of ether oxygens (including phenoxy) is 2. The summed E-state index contributed by atoms with van der Waals surface area (Å²) in [5, 5.41) is 21.6. The van der Waals surface area contributed by atoms with Crippen molar-refractivity contribution in [3.05, 3.63) is 94.5 Å². The number of anilines is 2. The molecule has 1 aliphatic heterocycles. The third-order valence-corrected chi connectivity index (χ3v) is 4.58. The highest BCUT2D eigenvalue weighted by Gasteiger charge is 2.10. The fourth-order valence-corrected chi connectivity index (χ4v) is 3.01. The number of nitrogens with zero attached hydrogens (tertiary/aromatic N) is 2. The summed E-state index contributed by atoms with van der Waals surface area (Å²) in [7, 11) is 1.63. The van der Waals surface area contributed by atoms with Crippen LogP contribution >= 0.6 is 0 Å². The van der Waals surface area contributed by atoms with E-state index in [2.05, 4.69) is 5.32 Å². The minimum Gasteiger partial charge on any atom is -0.495 e. The molecule has 0 fully saturated rings. The molecule has 0 saturated carbocycles. The van der Waals surface area contributed by atoms with E-state index in [0.29, 0.717) is 29.4 Å². The van der Waals surface area contributed by atoms with Crippen molar-refractivity contribution < 1.29 is 9.47 Å². The summed E-state index contributed by atoms with van der Waals surface area (Å²) >= 11 is 0. The molecule has 0 saturated heterocycles. The molecule has 2 aromatic rings. The van der Waals surface area contributed by atoms with E-state index in [1.165, 1.54) is 0 Å². The molecule has 154 valence electrons. The minimum absolute atomic E-state index is 0.0479. The van der Waals surface area contributed by atoms with Crippen LogP contribution in [0.2, 0.25) is 0 Å². The molecule has 3 rings (SSSR count). The fraction of sp³-hybridized carbons (Fsp3) is 0.120. The van der Waals surface area contributed by atoms with Crippen molar-refractivity contribution in [3.63, 3.8) is 0 Å². The topological polar surface area (TPSA) is 104 Å². The first-order valence-electron chi connectivity index (χ1n) is 9.59. The van der Waals surface area contributed by atoms with Crippen molar-refractivity contribution >= 4 is 17.5 Å². The van der Waals surface area contributed by atoms with Gasteiger partial charge < -0.3 is 20.5 Å². The predicted molar refractivity (Wildman–Crippen MR) is 121 cm³/mol. The Hall–Kier alpha value is -4.42. The van der Waals surface area contributed by atoms with Gasteiger partial charge in [-0.15, -0.1) is 0 Å². The van der Waals surface area contributed by atoms with Gasteiger partial charge in [-0.05, 0) is 60.5 Å². The Balaban J connectivity index is 1.76. The number of allylic oxidation sites excluding steroid dienone is 6. The predicted octanol–water partition coefficient (Wildman–Crippen LogP) is 5.06. The van der Waals surface area contributed by atoms with Gasteiger partial charge in [0.2, 0.25) is 0 Å².